The van der Waals surface area contributed by atoms with Crippen molar-refractivity contribution in [1.29, 1.82) is 0 Å². The molecule has 1 N–H and O–H groups in total. The molecule has 3 atom stereocenters. The number of carbonyl (C=O) groups is 1. The second-order valence-corrected chi connectivity index (χ2v) is 13.2. The van der Waals surface area contributed by atoms with Gasteiger partial charge in [-0.3, -0.25) is 13.3 Å². The number of nitrogens with one attached hydrogen (secondary N) is 1. The van der Waals surface area contributed by atoms with Gasteiger partial charge in [-0.25, -0.2) is 12.8 Å². The molecule has 216 valence electrons. The van der Waals surface area contributed by atoms with Gasteiger partial charge >= 0.3 is 0 Å². The van der Waals surface area contributed by atoms with E-state index in [4.69, 9.17) is 13.9 Å². The quantitative estimate of drug-likeness (QED) is 0.318. The van der Waals surface area contributed by atoms with Gasteiger partial charge < -0.3 is 19.2 Å². The maximum absolute atomic E-state index is 13.2. The third-order valence-corrected chi connectivity index (χ3v) is 8.74. The minimum Gasteiger partial charge on any atom is -0.457 e. The van der Waals surface area contributed by atoms with Crippen molar-refractivity contribution in [3.05, 3.63) is 77.6 Å². The molecule has 0 spiro atoms. The Hall–Kier alpha value is -3.74. The first kappa shape index (κ1) is 28.8. The zero-order valence-corrected chi connectivity index (χ0v) is 24.5. The van der Waals surface area contributed by atoms with Crippen LogP contribution in [0.4, 0.5) is 10.1 Å². The van der Waals surface area contributed by atoms with Crippen LogP contribution in [-0.4, -0.2) is 56.5 Å². The Bertz CT molecular complexity index is 1740. The predicted molar refractivity (Wildman–Crippen MR) is 156 cm³/mol. The Kier molecular flexibility index (Phi) is 7.91. The Morgan fingerprint density at radius 2 is 1.76 bits per heavy atom. The van der Waals surface area contributed by atoms with E-state index in [-0.39, 0.29) is 29.6 Å². The van der Waals surface area contributed by atoms with Crippen molar-refractivity contribution in [1.82, 2.24) is 5.32 Å². The molecule has 3 aromatic carbocycles. The summed E-state index contributed by atoms with van der Waals surface area (Å²) in [5.74, 6) is 0.694. The summed E-state index contributed by atoms with van der Waals surface area (Å²) in [6.45, 7) is 1.79. The summed E-state index contributed by atoms with van der Waals surface area (Å²) in [7, 11) is -3.42. The molecule has 1 amide bonds. The molecular weight excluding hydrogens is 571 g/mol. The van der Waals surface area contributed by atoms with Crippen LogP contribution in [0.15, 0.2) is 65.1 Å². The van der Waals surface area contributed by atoms with E-state index < -0.39 is 33.0 Å². The van der Waals surface area contributed by atoms with Gasteiger partial charge in [0.25, 0.3) is 5.91 Å². The highest BCUT2D eigenvalue weighted by Gasteiger charge is 2.34. The smallest absolute Gasteiger partial charge is 0.255 e. The Labute approximate surface area is 239 Å². The molecule has 1 aliphatic heterocycles. The van der Waals surface area contributed by atoms with Gasteiger partial charge in [-0.1, -0.05) is 0 Å². The van der Waals surface area contributed by atoms with E-state index in [9.17, 15) is 21.8 Å². The van der Waals surface area contributed by atoms with E-state index >= 15 is 0 Å². The van der Waals surface area contributed by atoms with E-state index in [0.29, 0.717) is 45.0 Å². The molecule has 4 aromatic rings. The van der Waals surface area contributed by atoms with Gasteiger partial charge in [0.1, 0.15) is 28.7 Å². The van der Waals surface area contributed by atoms with Crippen LogP contribution in [0.1, 0.15) is 28.9 Å². The number of nitrogens with zero attached hydrogens (tertiary/aromatic N) is 1. The highest BCUT2D eigenvalue weighted by molar-refractivity contribution is 7.92. The first-order chi connectivity index (χ1) is 19.4. The lowest BCUT2D eigenvalue weighted by atomic mass is 10.0. The monoisotopic (exact) mass is 600 g/mol. The summed E-state index contributed by atoms with van der Waals surface area (Å²) in [6, 6.07) is 15.8. The highest BCUT2D eigenvalue weighted by Crippen LogP contribution is 2.42. The minimum atomic E-state index is -3.73. The number of hydrogen-bond donors (Lipinski definition) is 1. The first-order valence-corrected chi connectivity index (χ1v) is 16.3. The molecular formula is C29H29FN2O7S2. The van der Waals surface area contributed by atoms with Crippen molar-refractivity contribution in [3.63, 3.8) is 0 Å². The van der Waals surface area contributed by atoms with Crippen molar-refractivity contribution in [2.45, 2.75) is 19.1 Å². The SMILES string of the molecule is CNC(=O)c1c(-c2ccc(Oc3ccc(F)cc3)cc2)oc2cc3c(cc12)[C@H](C)O[C@H](C[S@@](C)=O)CN3S(C)(=O)=O. The van der Waals surface area contributed by atoms with Gasteiger partial charge in [-0.2, -0.15) is 0 Å². The molecule has 0 saturated heterocycles. The van der Waals surface area contributed by atoms with E-state index in [0.717, 1.165) is 6.26 Å². The predicted octanol–water partition coefficient (Wildman–Crippen LogP) is 5.00. The number of sulfonamides is 1. The van der Waals surface area contributed by atoms with Crippen LogP contribution in [0.25, 0.3) is 22.3 Å². The fraction of sp³-hybridized carbons (Fsp3) is 0.276. The number of fused-ring (bicyclic) bond motifs is 2. The fourth-order valence-corrected chi connectivity index (χ4v) is 6.57. The van der Waals surface area contributed by atoms with Crippen molar-refractivity contribution >= 4 is 43.4 Å². The van der Waals surface area contributed by atoms with Crippen LogP contribution in [0.2, 0.25) is 0 Å². The third-order valence-electron chi connectivity index (χ3n) is 6.75. The minimum absolute atomic E-state index is 0.00730. The number of anilines is 1. The third kappa shape index (κ3) is 5.99. The maximum atomic E-state index is 13.2. The molecule has 0 bridgehead atoms. The molecule has 5 rings (SSSR count). The van der Waals surface area contributed by atoms with E-state index in [2.05, 4.69) is 5.32 Å². The second-order valence-electron chi connectivity index (χ2n) is 9.81. The number of amides is 1. The highest BCUT2D eigenvalue weighted by atomic mass is 32.2. The lowest BCUT2D eigenvalue weighted by Crippen LogP contribution is -2.38. The van der Waals surface area contributed by atoms with Gasteiger partial charge in [0.05, 0.1) is 42.0 Å². The largest absolute Gasteiger partial charge is 0.457 e. The normalized spacial score (nSPS) is 18.0. The van der Waals surface area contributed by atoms with E-state index in [1.807, 2.05) is 0 Å². The molecule has 0 aliphatic carbocycles. The number of ether oxygens (including phenoxy) is 2. The summed E-state index contributed by atoms with van der Waals surface area (Å²) >= 11 is 0. The van der Waals surface area contributed by atoms with Gasteiger partial charge in [0.2, 0.25) is 10.0 Å². The maximum Gasteiger partial charge on any atom is 0.255 e. The number of benzene rings is 3. The van der Waals surface area contributed by atoms with Gasteiger partial charge in [-0.15, -0.1) is 0 Å². The topological polar surface area (TPSA) is 115 Å². The summed E-state index contributed by atoms with van der Waals surface area (Å²) in [5, 5.41) is 3.15. The number of hydrogen-bond acceptors (Lipinski definition) is 7. The molecule has 0 fully saturated rings. The molecule has 1 aromatic heterocycles. The summed E-state index contributed by atoms with van der Waals surface area (Å²) in [6.07, 6.45) is 1.51. The van der Waals surface area contributed by atoms with Gasteiger partial charge in [0.15, 0.2) is 0 Å². The van der Waals surface area contributed by atoms with Crippen LogP contribution in [0.5, 0.6) is 11.5 Å². The zero-order valence-electron chi connectivity index (χ0n) is 22.8. The van der Waals surface area contributed by atoms with E-state index in [1.165, 1.54) is 35.6 Å². The molecule has 0 radical (unpaired) electrons. The number of halogens is 1. The molecule has 9 nitrogen and oxygen atoms in total. The zero-order chi connectivity index (χ0) is 29.5. The van der Waals surface area contributed by atoms with Gasteiger partial charge in [0, 0.05) is 46.7 Å². The number of carbonyl (C=O) groups excluding carboxylic acids is 1. The van der Waals surface area contributed by atoms with Gasteiger partial charge in [-0.05, 0) is 61.5 Å². The summed E-state index contributed by atoms with van der Waals surface area (Å²) in [5.41, 5.74) is 2.14. The lowest BCUT2D eigenvalue weighted by molar-refractivity contribution is 0.0197. The number of rotatable bonds is 7. The van der Waals surface area contributed by atoms with Crippen LogP contribution < -0.4 is 14.4 Å². The van der Waals surface area contributed by atoms with Crippen LogP contribution in [0, 0.1) is 5.82 Å². The van der Waals surface area contributed by atoms with Crippen molar-refractivity contribution in [2.75, 3.05) is 36.2 Å². The molecule has 41 heavy (non-hydrogen) atoms. The lowest BCUT2D eigenvalue weighted by Gasteiger charge is -2.24. The molecule has 1 aliphatic rings. The molecule has 0 unspecified atom stereocenters. The Morgan fingerprint density at radius 3 is 2.34 bits per heavy atom. The standard InChI is InChI=1S/C29H29FN2O7S2/c1-17-23-13-24-26(14-25(23)32(41(4,35)36)15-22(37-17)16-40(3)34)39-28(27(24)29(33)31-2)18-5-9-20(10-6-18)38-21-11-7-19(30)8-12-21/h5-14,17,22H,15-16H2,1-4H3,(H,31,33)/t17-,22-,40+/m0/s1. The second kappa shape index (κ2) is 11.3. The fourth-order valence-electron chi connectivity index (χ4n) is 4.91. The van der Waals surface area contributed by atoms with Crippen LogP contribution >= 0.6 is 0 Å². The number of furan rings is 1. The van der Waals surface area contributed by atoms with Crippen molar-refractivity contribution < 1.29 is 35.7 Å². The Morgan fingerprint density at radius 1 is 1.12 bits per heavy atom. The van der Waals surface area contributed by atoms with Crippen molar-refractivity contribution in [2.24, 2.45) is 0 Å². The average molecular weight is 601 g/mol. The molecule has 12 heteroatoms. The van der Waals surface area contributed by atoms with Crippen LogP contribution in [-0.2, 0) is 25.6 Å². The van der Waals surface area contributed by atoms with Crippen molar-refractivity contribution in [3.8, 4) is 22.8 Å². The average Bonchev–Trinajstić information content (AvgIpc) is 3.23. The van der Waals surface area contributed by atoms with E-state index in [1.54, 1.807) is 49.6 Å². The summed E-state index contributed by atoms with van der Waals surface area (Å²) in [4.78, 5) is 13.1. The molecule has 0 saturated carbocycles. The Balaban J connectivity index is 1.60. The van der Waals surface area contributed by atoms with Crippen LogP contribution in [0.3, 0.4) is 0 Å². The molecule has 2 heterocycles. The first-order valence-electron chi connectivity index (χ1n) is 12.7. The summed E-state index contributed by atoms with van der Waals surface area (Å²) < 4.78 is 70.3.